The Morgan fingerprint density at radius 1 is 1.14 bits per heavy atom. The van der Waals surface area contributed by atoms with Crippen LogP contribution in [0.15, 0.2) is 11.6 Å². The fraction of sp³-hybridized carbons (Fsp3) is 0.895. The number of halogens is 1. The first kappa shape index (κ1) is 15.9. The molecule has 3 heteroatoms. The maximum atomic E-state index is 10.7. The Morgan fingerprint density at radius 2 is 1.91 bits per heavy atom. The molecule has 124 valence electrons. The third kappa shape index (κ3) is 2.03. The van der Waals surface area contributed by atoms with Crippen LogP contribution < -0.4 is 0 Å². The van der Waals surface area contributed by atoms with Crippen LogP contribution in [0.1, 0.15) is 58.8 Å². The first-order valence-corrected chi connectivity index (χ1v) is 10.3. The van der Waals surface area contributed by atoms with Crippen LogP contribution in [0.3, 0.4) is 0 Å². The van der Waals surface area contributed by atoms with Crippen LogP contribution in [-0.2, 0) is 0 Å². The standard InChI is InChI=1S/C19H29IO2/c1-18-7-5-12(21)9-11(18)3-4-13-14(18)6-8-19(2)15(13)10-16(20)17(19)22/h3,12-17,21-22H,4-10H2,1-2H3/t12?,13-,14-,15+,16?,17?,18+,19+/m1/s1. The van der Waals surface area contributed by atoms with E-state index in [4.69, 9.17) is 0 Å². The molecule has 0 aromatic carbocycles. The summed E-state index contributed by atoms with van der Waals surface area (Å²) in [6, 6.07) is 0. The Labute approximate surface area is 147 Å². The van der Waals surface area contributed by atoms with Gasteiger partial charge in [-0.05, 0) is 73.5 Å². The molecule has 0 amide bonds. The van der Waals surface area contributed by atoms with E-state index in [1.807, 2.05) is 0 Å². The third-order valence-electron chi connectivity index (χ3n) is 8.01. The highest BCUT2D eigenvalue weighted by Gasteiger charge is 2.60. The molecule has 0 aliphatic heterocycles. The van der Waals surface area contributed by atoms with Gasteiger partial charge < -0.3 is 10.2 Å². The van der Waals surface area contributed by atoms with Gasteiger partial charge >= 0.3 is 0 Å². The normalized spacial score (nSPS) is 57.6. The third-order valence-corrected chi connectivity index (χ3v) is 9.20. The molecule has 0 radical (unpaired) electrons. The predicted molar refractivity (Wildman–Crippen MR) is 96.9 cm³/mol. The lowest BCUT2D eigenvalue weighted by Crippen LogP contribution is -2.51. The number of hydrogen-bond acceptors (Lipinski definition) is 2. The van der Waals surface area contributed by atoms with Gasteiger partial charge in [0.1, 0.15) is 0 Å². The van der Waals surface area contributed by atoms with Gasteiger partial charge in [0.15, 0.2) is 0 Å². The monoisotopic (exact) mass is 416 g/mol. The number of allylic oxidation sites excluding steroid dienone is 1. The van der Waals surface area contributed by atoms with E-state index in [1.165, 1.54) is 25.7 Å². The molecule has 0 heterocycles. The summed E-state index contributed by atoms with van der Waals surface area (Å²) in [5.74, 6) is 2.20. The Morgan fingerprint density at radius 3 is 2.68 bits per heavy atom. The van der Waals surface area contributed by atoms with Crippen molar-refractivity contribution in [3.8, 4) is 0 Å². The van der Waals surface area contributed by atoms with Crippen molar-refractivity contribution in [2.24, 2.45) is 28.6 Å². The fourth-order valence-electron chi connectivity index (χ4n) is 6.59. The van der Waals surface area contributed by atoms with E-state index in [0.717, 1.165) is 31.1 Å². The van der Waals surface area contributed by atoms with Gasteiger partial charge in [-0.2, -0.15) is 0 Å². The van der Waals surface area contributed by atoms with Crippen molar-refractivity contribution in [2.75, 3.05) is 0 Å². The summed E-state index contributed by atoms with van der Waals surface area (Å²) in [4.78, 5) is 0. The molecule has 8 atom stereocenters. The summed E-state index contributed by atoms with van der Waals surface area (Å²) in [5.41, 5.74) is 2.00. The molecule has 3 saturated carbocycles. The summed E-state index contributed by atoms with van der Waals surface area (Å²) in [7, 11) is 0. The summed E-state index contributed by atoms with van der Waals surface area (Å²) >= 11 is 2.48. The van der Waals surface area contributed by atoms with Gasteiger partial charge in [-0.15, -0.1) is 0 Å². The van der Waals surface area contributed by atoms with Gasteiger partial charge in [-0.1, -0.05) is 48.1 Å². The second-order valence-corrected chi connectivity index (χ2v) is 10.5. The number of rotatable bonds is 0. The molecular weight excluding hydrogens is 387 g/mol. The second kappa shape index (κ2) is 5.19. The van der Waals surface area contributed by atoms with E-state index in [9.17, 15) is 10.2 Å². The molecule has 3 unspecified atom stereocenters. The largest absolute Gasteiger partial charge is 0.393 e. The minimum atomic E-state index is -0.120. The summed E-state index contributed by atoms with van der Waals surface area (Å²) < 4.78 is 0.428. The van der Waals surface area contributed by atoms with Gasteiger partial charge in [-0.25, -0.2) is 0 Å². The molecule has 4 aliphatic rings. The average molecular weight is 416 g/mol. The van der Waals surface area contributed by atoms with Crippen molar-refractivity contribution in [3.63, 3.8) is 0 Å². The zero-order valence-electron chi connectivity index (χ0n) is 13.8. The minimum absolute atomic E-state index is 0.114. The van der Waals surface area contributed by atoms with Gasteiger partial charge in [0.05, 0.1) is 12.2 Å². The molecule has 4 aliphatic carbocycles. The van der Waals surface area contributed by atoms with Crippen LogP contribution in [-0.4, -0.2) is 26.3 Å². The first-order valence-electron chi connectivity index (χ1n) is 9.06. The maximum Gasteiger partial charge on any atom is 0.0714 e. The topological polar surface area (TPSA) is 40.5 Å². The molecule has 2 N–H and O–H groups in total. The highest BCUT2D eigenvalue weighted by molar-refractivity contribution is 14.1. The van der Waals surface area contributed by atoms with Gasteiger partial charge in [0.2, 0.25) is 0 Å². The molecule has 0 aromatic heterocycles. The van der Waals surface area contributed by atoms with Crippen LogP contribution in [0.25, 0.3) is 0 Å². The van der Waals surface area contributed by atoms with E-state index in [1.54, 1.807) is 5.57 Å². The van der Waals surface area contributed by atoms with Gasteiger partial charge in [0.25, 0.3) is 0 Å². The quantitative estimate of drug-likeness (QED) is 0.355. The Balaban J connectivity index is 1.68. The molecule has 0 spiro atoms. The van der Waals surface area contributed by atoms with Crippen molar-refractivity contribution >= 4 is 22.6 Å². The van der Waals surface area contributed by atoms with Crippen molar-refractivity contribution in [2.45, 2.75) is 74.9 Å². The molecule has 4 rings (SSSR count). The second-order valence-electron chi connectivity index (χ2n) is 8.90. The lowest BCUT2D eigenvalue weighted by atomic mass is 9.48. The zero-order chi connectivity index (χ0) is 15.7. The molecule has 22 heavy (non-hydrogen) atoms. The van der Waals surface area contributed by atoms with Crippen molar-refractivity contribution in [1.29, 1.82) is 0 Å². The van der Waals surface area contributed by atoms with E-state index in [-0.39, 0.29) is 17.6 Å². The lowest BCUT2D eigenvalue weighted by Gasteiger charge is -2.57. The summed E-state index contributed by atoms with van der Waals surface area (Å²) in [5, 5.41) is 20.8. The smallest absolute Gasteiger partial charge is 0.0714 e. The minimum Gasteiger partial charge on any atom is -0.393 e. The van der Waals surface area contributed by atoms with E-state index >= 15 is 0 Å². The molecule has 3 fully saturated rings. The van der Waals surface area contributed by atoms with E-state index in [0.29, 0.717) is 15.3 Å². The molecule has 0 bridgehead atoms. The maximum absolute atomic E-state index is 10.7. The molecule has 2 nitrogen and oxygen atoms in total. The number of aliphatic hydroxyl groups is 2. The number of alkyl halides is 1. The molecule has 0 aromatic rings. The van der Waals surface area contributed by atoms with Crippen LogP contribution in [0.5, 0.6) is 0 Å². The van der Waals surface area contributed by atoms with Crippen LogP contribution in [0.4, 0.5) is 0 Å². The fourth-order valence-corrected chi connectivity index (χ4v) is 7.95. The van der Waals surface area contributed by atoms with Crippen molar-refractivity contribution in [1.82, 2.24) is 0 Å². The highest BCUT2D eigenvalue weighted by Crippen LogP contribution is 2.65. The lowest BCUT2D eigenvalue weighted by molar-refractivity contribution is -0.0705. The van der Waals surface area contributed by atoms with Crippen LogP contribution >= 0.6 is 22.6 Å². The predicted octanol–water partition coefficient (Wildman–Crippen LogP) is 4.08. The van der Waals surface area contributed by atoms with Crippen molar-refractivity contribution in [3.05, 3.63) is 11.6 Å². The van der Waals surface area contributed by atoms with E-state index in [2.05, 4.69) is 42.5 Å². The summed E-state index contributed by atoms with van der Waals surface area (Å²) in [6.45, 7) is 4.82. The van der Waals surface area contributed by atoms with Crippen LogP contribution in [0.2, 0.25) is 0 Å². The first-order chi connectivity index (χ1) is 10.4. The Hall–Kier alpha value is 0.390. The zero-order valence-corrected chi connectivity index (χ0v) is 15.9. The van der Waals surface area contributed by atoms with E-state index < -0.39 is 0 Å². The SMILES string of the molecule is C[C@]12CCC(O)CC1=CC[C@@H]1[C@H]2CC[C@]2(C)C(O)C(I)C[C@@H]12. The highest BCUT2D eigenvalue weighted by atomic mass is 127. The number of fused-ring (bicyclic) bond motifs is 5. The molecular formula is C19H29IO2. The summed E-state index contributed by atoms with van der Waals surface area (Å²) in [6.07, 6.45) is 10.1. The number of hydrogen-bond donors (Lipinski definition) is 2. The van der Waals surface area contributed by atoms with Crippen LogP contribution in [0, 0.1) is 28.6 Å². The van der Waals surface area contributed by atoms with Gasteiger partial charge in [0, 0.05) is 3.92 Å². The Bertz CT molecular complexity index is 504. The molecule has 0 saturated heterocycles. The van der Waals surface area contributed by atoms with Gasteiger partial charge in [-0.3, -0.25) is 0 Å². The average Bonchev–Trinajstić information content (AvgIpc) is 2.72. The Kier molecular flexibility index (Phi) is 3.75. The van der Waals surface area contributed by atoms with Crippen molar-refractivity contribution < 1.29 is 10.2 Å². The number of aliphatic hydroxyl groups excluding tert-OH is 2.